The Hall–Kier alpha value is -3.54. The first kappa shape index (κ1) is 16.0. The lowest BCUT2D eigenvalue weighted by Crippen LogP contribution is -2.14. The van der Waals surface area contributed by atoms with Crippen molar-refractivity contribution in [1.82, 2.24) is 15.2 Å². The maximum atomic E-state index is 12.4. The molecular weight excluding hydrogens is 328 g/mol. The number of nitrogens with two attached hydrogens (primary N) is 1. The Balaban J connectivity index is 2.14. The standard InChI is InChI=1S/C20H16N4O2/c1-2-15-23-24-20(26-15)17-16(19(21)25)13-10-6-7-11-14(13)22-18(17)12-8-4-3-5-9-12/h3-11H,2H2,1H3,(H2,21,25). The number of hydrogen-bond acceptors (Lipinski definition) is 5. The summed E-state index contributed by atoms with van der Waals surface area (Å²) in [7, 11) is 0. The number of carbonyl (C=O) groups excluding carboxylic acids is 1. The normalized spacial score (nSPS) is 11.0. The van der Waals surface area contributed by atoms with Crippen LogP contribution in [0.25, 0.3) is 33.6 Å². The summed E-state index contributed by atoms with van der Waals surface area (Å²) in [4.78, 5) is 17.1. The zero-order valence-corrected chi connectivity index (χ0v) is 14.1. The molecule has 0 bridgehead atoms. The van der Waals surface area contributed by atoms with E-state index in [4.69, 9.17) is 15.1 Å². The van der Waals surface area contributed by atoms with Gasteiger partial charge in [-0.1, -0.05) is 55.5 Å². The summed E-state index contributed by atoms with van der Waals surface area (Å²) in [5.74, 6) is 0.169. The summed E-state index contributed by atoms with van der Waals surface area (Å²) in [5.41, 5.74) is 8.66. The highest BCUT2D eigenvalue weighted by molar-refractivity contribution is 6.12. The second-order valence-corrected chi connectivity index (χ2v) is 5.81. The molecule has 0 radical (unpaired) electrons. The maximum Gasteiger partial charge on any atom is 0.250 e. The minimum absolute atomic E-state index is 0.243. The monoisotopic (exact) mass is 344 g/mol. The van der Waals surface area contributed by atoms with Crippen LogP contribution in [-0.2, 0) is 6.42 Å². The Morgan fingerprint density at radius 2 is 1.77 bits per heavy atom. The molecule has 26 heavy (non-hydrogen) atoms. The summed E-state index contributed by atoms with van der Waals surface area (Å²) >= 11 is 0. The summed E-state index contributed by atoms with van der Waals surface area (Å²) in [6.45, 7) is 1.92. The van der Waals surface area contributed by atoms with E-state index >= 15 is 0 Å². The molecule has 2 N–H and O–H groups in total. The fourth-order valence-corrected chi connectivity index (χ4v) is 2.98. The van der Waals surface area contributed by atoms with E-state index in [0.717, 1.165) is 5.56 Å². The van der Waals surface area contributed by atoms with Crippen LogP contribution >= 0.6 is 0 Å². The summed E-state index contributed by atoms with van der Waals surface area (Å²) in [5, 5.41) is 8.82. The van der Waals surface area contributed by atoms with Crippen LogP contribution in [0, 0.1) is 0 Å². The van der Waals surface area contributed by atoms with Gasteiger partial charge in [0.1, 0.15) is 0 Å². The molecule has 0 aliphatic carbocycles. The molecular formula is C20H16N4O2. The molecule has 4 rings (SSSR count). The number of carbonyl (C=O) groups is 1. The van der Waals surface area contributed by atoms with Crippen LogP contribution in [0.1, 0.15) is 23.2 Å². The quantitative estimate of drug-likeness (QED) is 0.610. The molecule has 0 saturated carbocycles. The highest BCUT2D eigenvalue weighted by atomic mass is 16.4. The fraction of sp³-hybridized carbons (Fsp3) is 0.100. The van der Waals surface area contributed by atoms with Gasteiger partial charge < -0.3 is 10.2 Å². The third kappa shape index (κ3) is 2.61. The number of benzene rings is 2. The van der Waals surface area contributed by atoms with Gasteiger partial charge in [0, 0.05) is 17.4 Å². The first-order chi connectivity index (χ1) is 12.7. The van der Waals surface area contributed by atoms with Crippen LogP contribution in [0.3, 0.4) is 0 Å². The number of pyridine rings is 1. The molecule has 6 heteroatoms. The van der Waals surface area contributed by atoms with Crippen molar-refractivity contribution in [2.45, 2.75) is 13.3 Å². The molecule has 0 saturated heterocycles. The minimum atomic E-state index is -0.563. The summed E-state index contributed by atoms with van der Waals surface area (Å²) in [6.07, 6.45) is 0.598. The van der Waals surface area contributed by atoms with E-state index < -0.39 is 5.91 Å². The predicted molar refractivity (Wildman–Crippen MR) is 98.4 cm³/mol. The van der Waals surface area contributed by atoms with Crippen LogP contribution in [-0.4, -0.2) is 21.1 Å². The molecule has 2 heterocycles. The third-order valence-corrected chi connectivity index (χ3v) is 4.17. The van der Waals surface area contributed by atoms with Crippen LogP contribution in [0.4, 0.5) is 0 Å². The van der Waals surface area contributed by atoms with E-state index in [1.54, 1.807) is 0 Å². The van der Waals surface area contributed by atoms with Gasteiger partial charge in [0.2, 0.25) is 11.8 Å². The van der Waals surface area contributed by atoms with Gasteiger partial charge in [-0.25, -0.2) is 4.98 Å². The predicted octanol–water partition coefficient (Wildman–Crippen LogP) is 3.61. The molecule has 6 nitrogen and oxygen atoms in total. The van der Waals surface area contributed by atoms with Gasteiger partial charge in [0.25, 0.3) is 5.89 Å². The average Bonchev–Trinajstić information content (AvgIpc) is 3.16. The number of primary amides is 1. The molecule has 0 unspecified atom stereocenters. The fourth-order valence-electron chi connectivity index (χ4n) is 2.98. The zero-order valence-electron chi connectivity index (χ0n) is 14.1. The maximum absolute atomic E-state index is 12.4. The lowest BCUT2D eigenvalue weighted by atomic mass is 9.96. The van der Waals surface area contributed by atoms with Crippen LogP contribution in [0.2, 0.25) is 0 Å². The topological polar surface area (TPSA) is 94.9 Å². The second kappa shape index (κ2) is 6.40. The smallest absolute Gasteiger partial charge is 0.250 e. The Morgan fingerprint density at radius 3 is 2.46 bits per heavy atom. The van der Waals surface area contributed by atoms with E-state index in [1.807, 2.05) is 61.5 Å². The lowest BCUT2D eigenvalue weighted by molar-refractivity contribution is 0.100. The van der Waals surface area contributed by atoms with Gasteiger partial charge in [-0.15, -0.1) is 10.2 Å². The van der Waals surface area contributed by atoms with Crippen LogP contribution < -0.4 is 5.73 Å². The van der Waals surface area contributed by atoms with Crippen molar-refractivity contribution in [3.8, 4) is 22.7 Å². The Bertz CT molecular complexity index is 1100. The van der Waals surface area contributed by atoms with Crippen molar-refractivity contribution < 1.29 is 9.21 Å². The van der Waals surface area contributed by atoms with Crippen molar-refractivity contribution >= 4 is 16.8 Å². The lowest BCUT2D eigenvalue weighted by Gasteiger charge is -2.13. The molecule has 0 fully saturated rings. The molecule has 128 valence electrons. The van der Waals surface area contributed by atoms with Crippen molar-refractivity contribution in [2.75, 3.05) is 0 Å². The van der Waals surface area contributed by atoms with Gasteiger partial charge in [-0.3, -0.25) is 4.79 Å². The number of aromatic nitrogens is 3. The van der Waals surface area contributed by atoms with Crippen molar-refractivity contribution in [3.63, 3.8) is 0 Å². The van der Waals surface area contributed by atoms with Gasteiger partial charge in [0.15, 0.2) is 0 Å². The van der Waals surface area contributed by atoms with E-state index in [1.165, 1.54) is 0 Å². The Kier molecular flexibility index (Phi) is 3.93. The third-order valence-electron chi connectivity index (χ3n) is 4.17. The van der Waals surface area contributed by atoms with Gasteiger partial charge in [0.05, 0.1) is 22.3 Å². The SMILES string of the molecule is CCc1nnc(-c2c(-c3ccccc3)nc3ccccc3c2C(N)=O)o1. The largest absolute Gasteiger partial charge is 0.421 e. The molecule has 1 amide bonds. The molecule has 2 aromatic heterocycles. The Labute approximate surface area is 149 Å². The highest BCUT2D eigenvalue weighted by Crippen LogP contribution is 2.36. The molecule has 0 aliphatic rings. The molecule has 0 atom stereocenters. The number of hydrogen-bond donors (Lipinski definition) is 1. The van der Waals surface area contributed by atoms with E-state index in [0.29, 0.717) is 40.0 Å². The van der Waals surface area contributed by atoms with Gasteiger partial charge in [-0.2, -0.15) is 0 Å². The summed E-state index contributed by atoms with van der Waals surface area (Å²) < 4.78 is 5.75. The molecule has 0 spiro atoms. The van der Waals surface area contributed by atoms with Crippen LogP contribution in [0.5, 0.6) is 0 Å². The number of aryl methyl sites for hydroxylation is 1. The number of amides is 1. The second-order valence-electron chi connectivity index (χ2n) is 5.81. The molecule has 0 aliphatic heterocycles. The number of fused-ring (bicyclic) bond motifs is 1. The Morgan fingerprint density at radius 1 is 1.04 bits per heavy atom. The van der Waals surface area contributed by atoms with E-state index in [2.05, 4.69) is 10.2 Å². The number of rotatable bonds is 4. The van der Waals surface area contributed by atoms with Crippen molar-refractivity contribution in [2.24, 2.45) is 5.73 Å². The van der Waals surface area contributed by atoms with E-state index in [-0.39, 0.29) is 5.89 Å². The molecule has 2 aromatic carbocycles. The van der Waals surface area contributed by atoms with E-state index in [9.17, 15) is 4.79 Å². The van der Waals surface area contributed by atoms with Crippen LogP contribution in [0.15, 0.2) is 59.0 Å². The first-order valence-corrected chi connectivity index (χ1v) is 8.29. The summed E-state index contributed by atoms with van der Waals surface area (Å²) in [6, 6.07) is 17.0. The molecule has 4 aromatic rings. The first-order valence-electron chi connectivity index (χ1n) is 8.29. The van der Waals surface area contributed by atoms with Gasteiger partial charge in [-0.05, 0) is 6.07 Å². The average molecular weight is 344 g/mol. The zero-order chi connectivity index (χ0) is 18.1. The minimum Gasteiger partial charge on any atom is -0.421 e. The van der Waals surface area contributed by atoms with Crippen molar-refractivity contribution in [1.29, 1.82) is 0 Å². The number of para-hydroxylation sites is 1. The van der Waals surface area contributed by atoms with Gasteiger partial charge >= 0.3 is 0 Å². The highest BCUT2D eigenvalue weighted by Gasteiger charge is 2.25. The van der Waals surface area contributed by atoms with Crippen molar-refractivity contribution in [3.05, 3.63) is 66.1 Å². The number of nitrogens with zero attached hydrogens (tertiary/aromatic N) is 3.